The van der Waals surface area contributed by atoms with E-state index in [1.165, 1.54) is 25.3 Å². The molecule has 1 saturated heterocycles. The zero-order valence-electron chi connectivity index (χ0n) is 11.9. The zero-order chi connectivity index (χ0) is 15.4. The van der Waals surface area contributed by atoms with Gasteiger partial charge in [0.1, 0.15) is 0 Å². The predicted molar refractivity (Wildman–Crippen MR) is 77.3 cm³/mol. The molecule has 1 unspecified atom stereocenters. The maximum absolute atomic E-state index is 12.5. The highest BCUT2D eigenvalue weighted by Gasteiger charge is 2.25. The Morgan fingerprint density at radius 2 is 2.33 bits per heavy atom. The highest BCUT2D eigenvalue weighted by molar-refractivity contribution is 5.95. The number of likely N-dealkylation sites (tertiary alicyclic amines) is 1. The monoisotopic (exact) mass is 293 g/mol. The lowest BCUT2D eigenvalue weighted by Gasteiger charge is -2.32. The van der Waals surface area contributed by atoms with Gasteiger partial charge in [-0.25, -0.2) is 0 Å². The number of amides is 1. The molecule has 2 N–H and O–H groups in total. The predicted octanol–water partition coefficient (Wildman–Crippen LogP) is 1.41. The number of benzene rings is 1. The number of methoxy groups -OCH3 is 1. The number of carbonyl (C=O) groups is 1. The van der Waals surface area contributed by atoms with Gasteiger partial charge < -0.3 is 15.4 Å². The first-order valence-electron chi connectivity index (χ1n) is 6.88. The molecule has 7 nitrogen and oxygen atoms in total. The molecule has 1 fully saturated rings. The highest BCUT2D eigenvalue weighted by Crippen LogP contribution is 2.28. The van der Waals surface area contributed by atoms with Gasteiger partial charge in [-0.15, -0.1) is 0 Å². The molecule has 114 valence electrons. The van der Waals surface area contributed by atoms with E-state index in [1.807, 2.05) is 0 Å². The fourth-order valence-corrected chi connectivity index (χ4v) is 2.59. The van der Waals surface area contributed by atoms with E-state index in [9.17, 15) is 14.9 Å². The van der Waals surface area contributed by atoms with Crippen molar-refractivity contribution in [2.75, 3.05) is 26.7 Å². The number of hydrogen-bond acceptors (Lipinski definition) is 5. The van der Waals surface area contributed by atoms with Crippen LogP contribution in [-0.4, -0.2) is 42.5 Å². The van der Waals surface area contributed by atoms with Crippen LogP contribution < -0.4 is 10.5 Å². The van der Waals surface area contributed by atoms with Gasteiger partial charge in [0.05, 0.1) is 12.0 Å². The van der Waals surface area contributed by atoms with Crippen LogP contribution in [0, 0.1) is 16.0 Å². The molecular weight excluding hydrogens is 274 g/mol. The summed E-state index contributed by atoms with van der Waals surface area (Å²) in [5, 5.41) is 10.9. The SMILES string of the molecule is COc1cc(C(=O)N2CCCC(CN)C2)ccc1[N+](=O)[O-]. The Kier molecular flexibility index (Phi) is 4.74. The van der Waals surface area contributed by atoms with Gasteiger partial charge in [0.15, 0.2) is 5.75 Å². The Hall–Kier alpha value is -2.15. The third-order valence-corrected chi connectivity index (χ3v) is 3.76. The Balaban J connectivity index is 2.21. The molecule has 0 aliphatic carbocycles. The van der Waals surface area contributed by atoms with E-state index >= 15 is 0 Å². The molecule has 1 aromatic carbocycles. The maximum atomic E-state index is 12.5. The minimum Gasteiger partial charge on any atom is -0.490 e. The van der Waals surface area contributed by atoms with Crippen LogP contribution in [0.15, 0.2) is 18.2 Å². The van der Waals surface area contributed by atoms with Gasteiger partial charge in [-0.2, -0.15) is 0 Å². The summed E-state index contributed by atoms with van der Waals surface area (Å²) in [6, 6.07) is 4.19. The third-order valence-electron chi connectivity index (χ3n) is 3.76. The Morgan fingerprint density at radius 1 is 1.57 bits per heavy atom. The number of piperidine rings is 1. The summed E-state index contributed by atoms with van der Waals surface area (Å²) in [7, 11) is 1.35. The van der Waals surface area contributed by atoms with Crippen molar-refractivity contribution in [3.63, 3.8) is 0 Å². The van der Waals surface area contributed by atoms with Gasteiger partial charge in [-0.05, 0) is 31.4 Å². The number of carbonyl (C=O) groups excluding carboxylic acids is 1. The summed E-state index contributed by atoms with van der Waals surface area (Å²) in [5.41, 5.74) is 5.92. The topological polar surface area (TPSA) is 98.7 Å². The second-order valence-electron chi connectivity index (χ2n) is 5.14. The van der Waals surface area contributed by atoms with Crippen molar-refractivity contribution in [1.82, 2.24) is 4.90 Å². The van der Waals surface area contributed by atoms with E-state index in [2.05, 4.69) is 0 Å². The van der Waals surface area contributed by atoms with Gasteiger partial charge in [0.25, 0.3) is 5.91 Å². The van der Waals surface area contributed by atoms with Crippen molar-refractivity contribution in [1.29, 1.82) is 0 Å². The van der Waals surface area contributed by atoms with Crippen molar-refractivity contribution in [2.24, 2.45) is 11.7 Å². The van der Waals surface area contributed by atoms with Gasteiger partial charge in [0, 0.05) is 30.8 Å². The summed E-state index contributed by atoms with van der Waals surface area (Å²) in [6.07, 6.45) is 1.96. The van der Waals surface area contributed by atoms with Crippen molar-refractivity contribution in [2.45, 2.75) is 12.8 Å². The van der Waals surface area contributed by atoms with E-state index in [1.54, 1.807) is 4.90 Å². The molecule has 0 radical (unpaired) electrons. The van der Waals surface area contributed by atoms with Gasteiger partial charge in [-0.1, -0.05) is 0 Å². The van der Waals surface area contributed by atoms with Crippen molar-refractivity contribution < 1.29 is 14.5 Å². The third kappa shape index (κ3) is 3.30. The molecule has 0 aromatic heterocycles. The Labute approximate surface area is 122 Å². The second-order valence-corrected chi connectivity index (χ2v) is 5.14. The van der Waals surface area contributed by atoms with Crippen molar-refractivity contribution >= 4 is 11.6 Å². The average Bonchev–Trinajstić information content (AvgIpc) is 2.53. The largest absolute Gasteiger partial charge is 0.490 e. The quantitative estimate of drug-likeness (QED) is 0.668. The molecule has 1 aliphatic heterocycles. The Bertz CT molecular complexity index is 547. The minimum atomic E-state index is -0.529. The van der Waals surface area contributed by atoms with E-state index < -0.39 is 4.92 Å². The lowest BCUT2D eigenvalue weighted by molar-refractivity contribution is -0.385. The summed E-state index contributed by atoms with van der Waals surface area (Å²) in [5.74, 6) is 0.280. The summed E-state index contributed by atoms with van der Waals surface area (Å²) in [6.45, 7) is 1.89. The first-order chi connectivity index (χ1) is 10.1. The molecule has 1 amide bonds. The number of nitrogens with zero attached hydrogens (tertiary/aromatic N) is 2. The molecule has 1 atom stereocenters. The molecule has 1 aliphatic rings. The molecule has 1 heterocycles. The summed E-state index contributed by atoms with van der Waals surface area (Å²) >= 11 is 0. The van der Waals surface area contributed by atoms with E-state index in [-0.39, 0.29) is 17.3 Å². The first-order valence-corrected chi connectivity index (χ1v) is 6.88. The lowest BCUT2D eigenvalue weighted by Crippen LogP contribution is -2.42. The van der Waals surface area contributed by atoms with Crippen molar-refractivity contribution in [3.8, 4) is 5.75 Å². The molecule has 2 rings (SSSR count). The molecule has 21 heavy (non-hydrogen) atoms. The van der Waals surface area contributed by atoms with Crippen LogP contribution in [0.2, 0.25) is 0 Å². The van der Waals surface area contributed by atoms with Gasteiger partial charge in [0.2, 0.25) is 0 Å². The number of rotatable bonds is 4. The van der Waals surface area contributed by atoms with Crippen LogP contribution in [0.5, 0.6) is 5.75 Å². The standard InChI is InChI=1S/C14H19N3O4/c1-21-13-7-11(4-5-12(13)17(19)20)14(18)16-6-2-3-10(8-15)9-16/h4-5,7,10H,2-3,6,8-9,15H2,1H3. The molecule has 1 aromatic rings. The normalized spacial score (nSPS) is 18.4. The lowest BCUT2D eigenvalue weighted by atomic mass is 9.97. The van der Waals surface area contributed by atoms with Crippen LogP contribution in [0.4, 0.5) is 5.69 Å². The number of hydrogen-bond donors (Lipinski definition) is 1. The smallest absolute Gasteiger partial charge is 0.310 e. The molecular formula is C14H19N3O4. The number of ether oxygens (including phenoxy) is 1. The molecule has 7 heteroatoms. The molecule has 0 bridgehead atoms. The number of nitro benzene ring substituents is 1. The van der Waals surface area contributed by atoms with Gasteiger partial charge in [-0.3, -0.25) is 14.9 Å². The zero-order valence-corrected chi connectivity index (χ0v) is 11.9. The summed E-state index contributed by atoms with van der Waals surface area (Å²) < 4.78 is 4.99. The van der Waals surface area contributed by atoms with Crippen LogP contribution in [0.25, 0.3) is 0 Å². The summed E-state index contributed by atoms with van der Waals surface area (Å²) in [4.78, 5) is 24.6. The first kappa shape index (κ1) is 15.2. The van der Waals surface area contributed by atoms with Crippen LogP contribution in [0.3, 0.4) is 0 Å². The van der Waals surface area contributed by atoms with Crippen LogP contribution in [0.1, 0.15) is 23.2 Å². The molecule has 0 spiro atoms. The fourth-order valence-electron chi connectivity index (χ4n) is 2.59. The van der Waals surface area contributed by atoms with E-state index in [0.717, 1.165) is 12.8 Å². The van der Waals surface area contributed by atoms with E-state index in [4.69, 9.17) is 10.5 Å². The van der Waals surface area contributed by atoms with Crippen LogP contribution >= 0.6 is 0 Å². The van der Waals surface area contributed by atoms with Gasteiger partial charge >= 0.3 is 5.69 Å². The second kappa shape index (κ2) is 6.53. The Morgan fingerprint density at radius 3 is 2.95 bits per heavy atom. The fraction of sp³-hybridized carbons (Fsp3) is 0.500. The van der Waals surface area contributed by atoms with Crippen molar-refractivity contribution in [3.05, 3.63) is 33.9 Å². The minimum absolute atomic E-state index is 0.0956. The number of nitro groups is 1. The maximum Gasteiger partial charge on any atom is 0.310 e. The van der Waals surface area contributed by atoms with Crippen LogP contribution in [-0.2, 0) is 0 Å². The molecule has 0 saturated carbocycles. The average molecular weight is 293 g/mol. The number of nitrogens with two attached hydrogens (primary N) is 1. The highest BCUT2D eigenvalue weighted by atomic mass is 16.6. The van der Waals surface area contributed by atoms with E-state index in [0.29, 0.717) is 31.1 Å².